The molecule has 0 saturated carbocycles. The molecular weight excluding hydrogens is 372 g/mol. The summed E-state index contributed by atoms with van der Waals surface area (Å²) in [6, 6.07) is 20.3. The van der Waals surface area contributed by atoms with E-state index in [2.05, 4.69) is 0 Å². The van der Waals surface area contributed by atoms with Gasteiger partial charge in [0.15, 0.2) is 0 Å². The molecular formula is C23H19ClN2O2. The number of aromatic nitrogens is 2. The third kappa shape index (κ3) is 3.16. The summed E-state index contributed by atoms with van der Waals surface area (Å²) in [5.41, 5.74) is 3.28. The van der Waals surface area contributed by atoms with Crippen molar-refractivity contribution in [3.63, 3.8) is 0 Å². The minimum atomic E-state index is -0.381. The van der Waals surface area contributed by atoms with Gasteiger partial charge in [0.25, 0.3) is 5.56 Å². The Morgan fingerprint density at radius 1 is 0.857 bits per heavy atom. The summed E-state index contributed by atoms with van der Waals surface area (Å²) in [5, 5.41) is 1.08. The number of hydrogen-bond donors (Lipinski definition) is 0. The molecule has 0 aliphatic carbocycles. The SMILES string of the molecule is Cc1cc(C)cc(-n2c(=O)c3ccccc3n(Cc3ccccc3Cl)c2=O)c1. The van der Waals surface area contributed by atoms with Gasteiger partial charge >= 0.3 is 5.69 Å². The van der Waals surface area contributed by atoms with Crippen LogP contribution in [0.4, 0.5) is 0 Å². The van der Waals surface area contributed by atoms with Crippen molar-refractivity contribution < 1.29 is 0 Å². The van der Waals surface area contributed by atoms with Gasteiger partial charge in [0.2, 0.25) is 0 Å². The number of para-hydroxylation sites is 1. The van der Waals surface area contributed by atoms with Crippen LogP contribution in [0.15, 0.2) is 76.3 Å². The van der Waals surface area contributed by atoms with E-state index >= 15 is 0 Å². The highest BCUT2D eigenvalue weighted by molar-refractivity contribution is 6.31. The fourth-order valence-corrected chi connectivity index (χ4v) is 3.77. The maximum Gasteiger partial charge on any atom is 0.336 e. The summed E-state index contributed by atoms with van der Waals surface area (Å²) in [7, 11) is 0. The van der Waals surface area contributed by atoms with E-state index in [1.54, 1.807) is 28.8 Å². The minimum absolute atomic E-state index is 0.282. The highest BCUT2D eigenvalue weighted by atomic mass is 35.5. The minimum Gasteiger partial charge on any atom is -0.288 e. The van der Waals surface area contributed by atoms with Crippen molar-refractivity contribution in [3.8, 4) is 5.69 Å². The van der Waals surface area contributed by atoms with E-state index in [-0.39, 0.29) is 17.8 Å². The summed E-state index contributed by atoms with van der Waals surface area (Å²) in [4.78, 5) is 26.6. The Labute approximate surface area is 167 Å². The van der Waals surface area contributed by atoms with Crippen LogP contribution in [0, 0.1) is 13.8 Å². The quantitative estimate of drug-likeness (QED) is 0.518. The van der Waals surface area contributed by atoms with Crippen molar-refractivity contribution in [2.24, 2.45) is 0 Å². The fourth-order valence-electron chi connectivity index (χ4n) is 3.58. The highest BCUT2D eigenvalue weighted by Crippen LogP contribution is 2.18. The van der Waals surface area contributed by atoms with Gasteiger partial charge in [-0.3, -0.25) is 9.36 Å². The lowest BCUT2D eigenvalue weighted by atomic mass is 10.1. The first kappa shape index (κ1) is 18.3. The summed E-state index contributed by atoms with van der Waals surface area (Å²) in [6.07, 6.45) is 0. The second-order valence-electron chi connectivity index (χ2n) is 6.96. The average Bonchev–Trinajstić information content (AvgIpc) is 2.66. The van der Waals surface area contributed by atoms with Crippen LogP contribution in [-0.2, 0) is 6.54 Å². The van der Waals surface area contributed by atoms with Crippen molar-refractivity contribution >= 4 is 22.5 Å². The van der Waals surface area contributed by atoms with Crippen molar-refractivity contribution in [2.45, 2.75) is 20.4 Å². The van der Waals surface area contributed by atoms with Gasteiger partial charge in [-0.1, -0.05) is 48.0 Å². The van der Waals surface area contributed by atoms with Crippen LogP contribution in [0.1, 0.15) is 16.7 Å². The first-order valence-electron chi connectivity index (χ1n) is 9.02. The third-order valence-electron chi connectivity index (χ3n) is 4.80. The smallest absolute Gasteiger partial charge is 0.288 e. The Hall–Kier alpha value is -3.11. The summed E-state index contributed by atoms with van der Waals surface area (Å²) in [6.45, 7) is 4.18. The topological polar surface area (TPSA) is 44.0 Å². The lowest BCUT2D eigenvalue weighted by molar-refractivity contribution is 0.714. The van der Waals surface area contributed by atoms with Gasteiger partial charge < -0.3 is 0 Å². The Bertz CT molecular complexity index is 1300. The van der Waals surface area contributed by atoms with Crippen LogP contribution >= 0.6 is 11.6 Å². The van der Waals surface area contributed by atoms with Crippen LogP contribution in [0.25, 0.3) is 16.6 Å². The fraction of sp³-hybridized carbons (Fsp3) is 0.130. The number of benzene rings is 3. The second-order valence-corrected chi connectivity index (χ2v) is 7.37. The van der Waals surface area contributed by atoms with E-state index in [1.165, 1.54) is 4.57 Å². The van der Waals surface area contributed by atoms with Crippen molar-refractivity contribution in [1.29, 1.82) is 0 Å². The number of fused-ring (bicyclic) bond motifs is 1. The molecule has 3 aromatic carbocycles. The Kier molecular flexibility index (Phi) is 4.65. The van der Waals surface area contributed by atoms with Gasteiger partial charge in [0, 0.05) is 5.02 Å². The number of hydrogen-bond acceptors (Lipinski definition) is 2. The summed E-state index contributed by atoms with van der Waals surface area (Å²) in [5.74, 6) is 0. The summed E-state index contributed by atoms with van der Waals surface area (Å²) >= 11 is 6.32. The number of rotatable bonds is 3. The molecule has 0 atom stereocenters. The molecule has 0 aliphatic rings. The standard InChI is InChI=1S/C23H19ClN2O2/c1-15-11-16(2)13-18(12-15)26-22(27)19-8-4-6-10-21(19)25(23(26)28)14-17-7-3-5-9-20(17)24/h3-13H,14H2,1-2H3. The van der Waals surface area contributed by atoms with E-state index in [9.17, 15) is 9.59 Å². The van der Waals surface area contributed by atoms with E-state index in [1.807, 2.05) is 56.3 Å². The van der Waals surface area contributed by atoms with Gasteiger partial charge in [-0.05, 0) is 60.9 Å². The number of aryl methyl sites for hydroxylation is 2. The molecule has 1 heterocycles. The van der Waals surface area contributed by atoms with E-state index in [0.29, 0.717) is 21.6 Å². The summed E-state index contributed by atoms with van der Waals surface area (Å²) < 4.78 is 2.86. The molecule has 0 N–H and O–H groups in total. The largest absolute Gasteiger partial charge is 0.336 e. The van der Waals surface area contributed by atoms with Crippen molar-refractivity contribution in [1.82, 2.24) is 9.13 Å². The zero-order valence-electron chi connectivity index (χ0n) is 15.6. The molecule has 4 rings (SSSR count). The molecule has 0 saturated heterocycles. The lowest BCUT2D eigenvalue weighted by Crippen LogP contribution is -2.39. The van der Waals surface area contributed by atoms with Crippen molar-refractivity contribution in [2.75, 3.05) is 0 Å². The zero-order chi connectivity index (χ0) is 19.8. The van der Waals surface area contributed by atoms with Gasteiger partial charge in [-0.2, -0.15) is 0 Å². The van der Waals surface area contributed by atoms with Crippen LogP contribution in [-0.4, -0.2) is 9.13 Å². The molecule has 1 aromatic heterocycles. The second kappa shape index (κ2) is 7.13. The molecule has 0 unspecified atom stereocenters. The molecule has 0 fully saturated rings. The van der Waals surface area contributed by atoms with E-state index in [0.717, 1.165) is 16.7 Å². The molecule has 4 aromatic rings. The maximum absolute atomic E-state index is 13.4. The molecule has 4 nitrogen and oxygen atoms in total. The molecule has 5 heteroatoms. The van der Waals surface area contributed by atoms with Crippen LogP contribution in [0.5, 0.6) is 0 Å². The van der Waals surface area contributed by atoms with E-state index in [4.69, 9.17) is 11.6 Å². The molecule has 0 bridgehead atoms. The van der Waals surface area contributed by atoms with Crippen LogP contribution < -0.4 is 11.2 Å². The monoisotopic (exact) mass is 390 g/mol. The molecule has 28 heavy (non-hydrogen) atoms. The first-order chi connectivity index (χ1) is 13.5. The number of nitrogens with zero attached hydrogens (tertiary/aromatic N) is 2. The Morgan fingerprint density at radius 2 is 1.50 bits per heavy atom. The van der Waals surface area contributed by atoms with Crippen LogP contribution in [0.3, 0.4) is 0 Å². The molecule has 0 spiro atoms. The van der Waals surface area contributed by atoms with Gasteiger partial charge in [0.1, 0.15) is 0 Å². The third-order valence-corrected chi connectivity index (χ3v) is 5.17. The lowest BCUT2D eigenvalue weighted by Gasteiger charge is -2.15. The van der Waals surface area contributed by atoms with Gasteiger partial charge in [-0.25, -0.2) is 9.36 Å². The molecule has 0 amide bonds. The molecule has 140 valence electrons. The van der Waals surface area contributed by atoms with Gasteiger partial charge in [-0.15, -0.1) is 0 Å². The average molecular weight is 391 g/mol. The Morgan fingerprint density at radius 3 is 2.21 bits per heavy atom. The van der Waals surface area contributed by atoms with Crippen molar-refractivity contribution in [3.05, 3.63) is 109 Å². The zero-order valence-corrected chi connectivity index (χ0v) is 16.4. The first-order valence-corrected chi connectivity index (χ1v) is 9.40. The van der Waals surface area contributed by atoms with Gasteiger partial charge in [0.05, 0.1) is 23.1 Å². The normalized spacial score (nSPS) is 11.1. The van der Waals surface area contributed by atoms with E-state index < -0.39 is 0 Å². The molecule has 0 aliphatic heterocycles. The Balaban J connectivity index is 2.06. The predicted octanol–water partition coefficient (Wildman–Crippen LogP) is 4.47. The van der Waals surface area contributed by atoms with Crippen LogP contribution in [0.2, 0.25) is 5.02 Å². The predicted molar refractivity (Wildman–Crippen MR) is 114 cm³/mol. The highest BCUT2D eigenvalue weighted by Gasteiger charge is 2.15. The molecule has 0 radical (unpaired) electrons. The number of halogens is 1. The maximum atomic E-state index is 13.4.